The standard InChI is InChI=1S/C15H21NO2/c1-5-14-12(7-8-17-14)15(16-6-2)13-9-10(3)18-11(13)4/h7-9,15-16H,5-6H2,1-4H3. The van der Waals surface area contributed by atoms with Gasteiger partial charge in [-0.2, -0.15) is 0 Å². The maximum atomic E-state index is 5.64. The molecule has 0 saturated heterocycles. The van der Waals surface area contributed by atoms with Gasteiger partial charge in [0.05, 0.1) is 12.3 Å². The first kappa shape index (κ1) is 13.0. The van der Waals surface area contributed by atoms with Crippen LogP contribution in [-0.2, 0) is 6.42 Å². The average Bonchev–Trinajstić information content (AvgIpc) is 2.92. The summed E-state index contributed by atoms with van der Waals surface area (Å²) < 4.78 is 11.2. The smallest absolute Gasteiger partial charge is 0.108 e. The number of furan rings is 2. The minimum Gasteiger partial charge on any atom is -0.469 e. The normalized spacial score (nSPS) is 12.9. The third-order valence-electron chi connectivity index (χ3n) is 3.21. The van der Waals surface area contributed by atoms with Crippen molar-refractivity contribution in [2.45, 2.75) is 40.2 Å². The topological polar surface area (TPSA) is 38.3 Å². The van der Waals surface area contributed by atoms with Crippen LogP contribution in [0.25, 0.3) is 0 Å². The van der Waals surface area contributed by atoms with Crippen LogP contribution in [0.3, 0.4) is 0 Å². The number of nitrogens with one attached hydrogen (secondary N) is 1. The fraction of sp³-hybridized carbons (Fsp3) is 0.467. The molecule has 0 bridgehead atoms. The van der Waals surface area contributed by atoms with E-state index >= 15 is 0 Å². The molecule has 0 radical (unpaired) electrons. The highest BCUT2D eigenvalue weighted by Crippen LogP contribution is 2.30. The summed E-state index contributed by atoms with van der Waals surface area (Å²) in [5.74, 6) is 2.97. The van der Waals surface area contributed by atoms with Crippen LogP contribution < -0.4 is 5.32 Å². The molecule has 18 heavy (non-hydrogen) atoms. The summed E-state index contributed by atoms with van der Waals surface area (Å²) in [5, 5.41) is 3.51. The number of hydrogen-bond acceptors (Lipinski definition) is 3. The van der Waals surface area contributed by atoms with Gasteiger partial charge in [-0.25, -0.2) is 0 Å². The third kappa shape index (κ3) is 2.36. The SMILES string of the molecule is CCNC(c1cc(C)oc1C)c1ccoc1CC. The first-order valence-electron chi connectivity index (χ1n) is 6.53. The average molecular weight is 247 g/mol. The lowest BCUT2D eigenvalue weighted by atomic mass is 9.98. The second-order valence-corrected chi connectivity index (χ2v) is 4.51. The summed E-state index contributed by atoms with van der Waals surface area (Å²) >= 11 is 0. The summed E-state index contributed by atoms with van der Waals surface area (Å²) in [6, 6.07) is 4.31. The molecule has 1 atom stereocenters. The Bertz CT molecular complexity index is 510. The molecule has 0 amide bonds. The highest BCUT2D eigenvalue weighted by Gasteiger charge is 2.22. The molecule has 0 aliphatic rings. The first-order valence-corrected chi connectivity index (χ1v) is 6.53. The summed E-state index contributed by atoms with van der Waals surface area (Å²) in [6.07, 6.45) is 2.67. The molecule has 3 heteroatoms. The van der Waals surface area contributed by atoms with Crippen molar-refractivity contribution in [3.05, 3.63) is 46.8 Å². The highest BCUT2D eigenvalue weighted by molar-refractivity contribution is 5.35. The molecule has 2 heterocycles. The van der Waals surface area contributed by atoms with Gasteiger partial charge in [-0.15, -0.1) is 0 Å². The summed E-state index contributed by atoms with van der Waals surface area (Å²) in [6.45, 7) is 9.12. The molecule has 2 aromatic rings. The first-order chi connectivity index (χ1) is 8.67. The van der Waals surface area contributed by atoms with Gasteiger partial charge in [0.1, 0.15) is 17.3 Å². The van der Waals surface area contributed by atoms with Crippen LogP contribution in [0.4, 0.5) is 0 Å². The van der Waals surface area contributed by atoms with Crippen LogP contribution >= 0.6 is 0 Å². The van der Waals surface area contributed by atoms with Gasteiger partial charge in [-0.1, -0.05) is 13.8 Å². The van der Waals surface area contributed by atoms with Crippen LogP contribution in [0.2, 0.25) is 0 Å². The zero-order valence-corrected chi connectivity index (χ0v) is 11.5. The molecule has 1 unspecified atom stereocenters. The summed E-state index contributed by atoms with van der Waals surface area (Å²) in [5.41, 5.74) is 2.41. The predicted molar refractivity (Wildman–Crippen MR) is 71.8 cm³/mol. The Labute approximate surface area is 108 Å². The van der Waals surface area contributed by atoms with Crippen molar-refractivity contribution >= 4 is 0 Å². The molecule has 0 saturated carbocycles. The van der Waals surface area contributed by atoms with Crippen molar-refractivity contribution in [1.29, 1.82) is 0 Å². The Balaban J connectivity index is 2.42. The van der Waals surface area contributed by atoms with Gasteiger partial charge in [0.25, 0.3) is 0 Å². The second kappa shape index (κ2) is 5.44. The van der Waals surface area contributed by atoms with E-state index in [1.165, 1.54) is 11.1 Å². The molecule has 0 fully saturated rings. The molecule has 0 aromatic carbocycles. The van der Waals surface area contributed by atoms with E-state index in [0.717, 1.165) is 30.2 Å². The molecule has 3 nitrogen and oxygen atoms in total. The van der Waals surface area contributed by atoms with E-state index in [2.05, 4.69) is 25.2 Å². The van der Waals surface area contributed by atoms with Gasteiger partial charge >= 0.3 is 0 Å². The van der Waals surface area contributed by atoms with Crippen molar-refractivity contribution in [3.8, 4) is 0 Å². The van der Waals surface area contributed by atoms with Gasteiger partial charge in [0.2, 0.25) is 0 Å². The predicted octanol–water partition coefficient (Wildman–Crippen LogP) is 3.75. The molecular formula is C15H21NO2. The fourth-order valence-corrected chi connectivity index (χ4v) is 2.42. The van der Waals surface area contributed by atoms with E-state index in [1.807, 2.05) is 19.9 Å². The van der Waals surface area contributed by atoms with Gasteiger partial charge < -0.3 is 14.2 Å². The lowest BCUT2D eigenvalue weighted by Gasteiger charge is -2.17. The minimum atomic E-state index is 0.154. The van der Waals surface area contributed by atoms with Crippen molar-refractivity contribution in [2.24, 2.45) is 0 Å². The van der Waals surface area contributed by atoms with Crippen LogP contribution in [-0.4, -0.2) is 6.54 Å². The van der Waals surface area contributed by atoms with Gasteiger partial charge in [-0.3, -0.25) is 0 Å². The number of hydrogen-bond donors (Lipinski definition) is 1. The quantitative estimate of drug-likeness (QED) is 0.874. The molecule has 1 N–H and O–H groups in total. The lowest BCUT2D eigenvalue weighted by Crippen LogP contribution is -2.22. The molecular weight excluding hydrogens is 226 g/mol. The lowest BCUT2D eigenvalue weighted by molar-refractivity contribution is 0.488. The minimum absolute atomic E-state index is 0.154. The molecule has 2 rings (SSSR count). The number of rotatable bonds is 5. The Morgan fingerprint density at radius 1 is 1.22 bits per heavy atom. The van der Waals surface area contributed by atoms with Gasteiger partial charge in [-0.05, 0) is 32.5 Å². The Morgan fingerprint density at radius 2 is 2.00 bits per heavy atom. The monoisotopic (exact) mass is 247 g/mol. The Morgan fingerprint density at radius 3 is 2.56 bits per heavy atom. The van der Waals surface area contributed by atoms with E-state index in [9.17, 15) is 0 Å². The van der Waals surface area contributed by atoms with E-state index < -0.39 is 0 Å². The largest absolute Gasteiger partial charge is 0.469 e. The number of aryl methyl sites for hydroxylation is 3. The second-order valence-electron chi connectivity index (χ2n) is 4.51. The van der Waals surface area contributed by atoms with Crippen molar-refractivity contribution in [3.63, 3.8) is 0 Å². The zero-order chi connectivity index (χ0) is 13.1. The van der Waals surface area contributed by atoms with Crippen LogP contribution in [0.1, 0.15) is 48.3 Å². The summed E-state index contributed by atoms with van der Waals surface area (Å²) in [7, 11) is 0. The van der Waals surface area contributed by atoms with E-state index in [0.29, 0.717) is 0 Å². The molecule has 0 spiro atoms. The van der Waals surface area contributed by atoms with Crippen LogP contribution in [0, 0.1) is 13.8 Å². The van der Waals surface area contributed by atoms with Crippen LogP contribution in [0.15, 0.2) is 27.2 Å². The summed E-state index contributed by atoms with van der Waals surface area (Å²) in [4.78, 5) is 0. The maximum absolute atomic E-state index is 5.64. The van der Waals surface area contributed by atoms with Crippen molar-refractivity contribution < 1.29 is 8.83 Å². The van der Waals surface area contributed by atoms with Crippen LogP contribution in [0.5, 0.6) is 0 Å². The van der Waals surface area contributed by atoms with E-state index in [-0.39, 0.29) is 6.04 Å². The molecule has 0 aliphatic carbocycles. The van der Waals surface area contributed by atoms with Crippen molar-refractivity contribution in [1.82, 2.24) is 5.32 Å². The maximum Gasteiger partial charge on any atom is 0.108 e. The van der Waals surface area contributed by atoms with Gasteiger partial charge in [0.15, 0.2) is 0 Å². The van der Waals surface area contributed by atoms with Gasteiger partial charge in [0, 0.05) is 17.5 Å². The van der Waals surface area contributed by atoms with E-state index in [4.69, 9.17) is 8.83 Å². The highest BCUT2D eigenvalue weighted by atomic mass is 16.3. The molecule has 2 aromatic heterocycles. The zero-order valence-electron chi connectivity index (χ0n) is 11.5. The molecule has 98 valence electrons. The third-order valence-corrected chi connectivity index (χ3v) is 3.21. The fourth-order valence-electron chi connectivity index (χ4n) is 2.42. The molecule has 0 aliphatic heterocycles. The van der Waals surface area contributed by atoms with Crippen molar-refractivity contribution in [2.75, 3.05) is 6.54 Å². The Hall–Kier alpha value is -1.48. The Kier molecular flexibility index (Phi) is 3.92. The van der Waals surface area contributed by atoms with E-state index in [1.54, 1.807) is 6.26 Å².